The average Bonchev–Trinajstić information content (AvgIpc) is 3.32. The van der Waals surface area contributed by atoms with E-state index in [9.17, 15) is 50.4 Å². The van der Waals surface area contributed by atoms with Gasteiger partial charge >= 0.3 is 87.0 Å². The van der Waals surface area contributed by atoms with E-state index in [4.69, 9.17) is 0 Å². The van der Waals surface area contributed by atoms with Gasteiger partial charge in [0.25, 0.3) is 0 Å². The second kappa shape index (κ2) is 24.6. The maximum absolute atomic E-state index is 10.7. The van der Waals surface area contributed by atoms with Crippen LogP contribution in [0.3, 0.4) is 0 Å². The second-order valence-corrected chi connectivity index (χ2v) is 26.7. The van der Waals surface area contributed by atoms with E-state index in [-0.39, 0.29) is 21.1 Å². The Morgan fingerprint density at radius 3 is 0.437 bits per heavy atom. The van der Waals surface area contributed by atoms with Gasteiger partial charge in [-0.3, -0.25) is 39.9 Å². The van der Waals surface area contributed by atoms with Crippen LogP contribution in [0, 0.1) is 0 Å². The maximum atomic E-state index is 9.87. The monoisotopic (exact) mass is 1290 g/mol. The van der Waals surface area contributed by atoms with E-state index in [1.165, 1.54) is 0 Å². The van der Waals surface area contributed by atoms with Crippen molar-refractivity contribution in [2.24, 2.45) is 0 Å². The summed E-state index contributed by atoms with van der Waals surface area (Å²) in [4.78, 5) is 37.1. The minimum atomic E-state index is -10.7. The fourth-order valence-corrected chi connectivity index (χ4v) is 15.6. The summed E-state index contributed by atoms with van der Waals surface area (Å²) in [6.07, 6.45) is 19.0. The van der Waals surface area contributed by atoms with Gasteiger partial charge in [0.1, 0.15) is 0 Å². The Kier molecular flexibility index (Phi) is 20.5. The molecule has 0 bridgehead atoms. The van der Waals surface area contributed by atoms with Crippen molar-refractivity contribution < 1.29 is 71.4 Å². The molecule has 0 aromatic carbocycles. The molecule has 0 saturated carbocycles. The van der Waals surface area contributed by atoms with E-state index < -0.39 is 47.3 Å². The van der Waals surface area contributed by atoms with Crippen molar-refractivity contribution in [2.45, 2.75) is 0 Å². The van der Waals surface area contributed by atoms with Gasteiger partial charge in [-0.1, -0.05) is 48.5 Å². The van der Waals surface area contributed by atoms with Crippen molar-refractivity contribution in [3.8, 4) is 0 Å². The van der Waals surface area contributed by atoms with E-state index in [1.807, 2.05) is 98.1 Å². The van der Waals surface area contributed by atoms with Gasteiger partial charge in [-0.2, -0.15) is 0 Å². The molecule has 0 aliphatic heterocycles. The first kappa shape index (κ1) is 59.2. The minimum absolute atomic E-state index is 0. The summed E-state index contributed by atoms with van der Waals surface area (Å²) in [7, 11) is -23.8. The quantitative estimate of drug-likeness (QED) is 0.0784. The summed E-state index contributed by atoms with van der Waals surface area (Å²) in [6.45, 7) is 0. The zero-order valence-electron chi connectivity index (χ0n) is 36.4. The van der Waals surface area contributed by atoms with Crippen molar-refractivity contribution in [3.05, 3.63) is 195 Å². The third-order valence-corrected chi connectivity index (χ3v) is 18.4. The van der Waals surface area contributed by atoms with Crippen LogP contribution in [0.15, 0.2) is 195 Å². The molecule has 8 aromatic rings. The summed E-state index contributed by atoms with van der Waals surface area (Å²) in [5.41, 5.74) is 8.95. The van der Waals surface area contributed by atoms with Gasteiger partial charge in [-0.25, -0.2) is 0 Å². The Bertz CT molecular complexity index is 2230. The summed E-state index contributed by atoms with van der Waals surface area (Å²) in [5.74, 6) is 0. The van der Waals surface area contributed by atoms with Crippen molar-refractivity contribution in [1.82, 2.24) is 39.9 Å². The minimum Gasteiger partial charge on any atom is -0.256 e. The van der Waals surface area contributed by atoms with Crippen LogP contribution in [0.5, 0.6) is 0 Å². The summed E-state index contributed by atoms with van der Waals surface area (Å²) < 4.78 is 118. The molecule has 71 heavy (non-hydrogen) atoms. The molecule has 0 fully saturated rings. The number of aromatic nitrogens is 8. The van der Waals surface area contributed by atoms with E-state index in [0.717, 1.165) is 68.1 Å². The molecule has 0 aliphatic carbocycles. The van der Waals surface area contributed by atoms with Crippen LogP contribution < -0.4 is 43.5 Å². The first-order chi connectivity index (χ1) is 32.7. The van der Waals surface area contributed by atoms with Crippen LogP contribution in [0.2, 0.25) is 0 Å². The molecule has 0 unspecified atom stereocenters. The molecule has 0 atom stereocenters. The van der Waals surface area contributed by atoms with Crippen molar-refractivity contribution in [1.29, 1.82) is 0 Å². The van der Waals surface area contributed by atoms with Crippen molar-refractivity contribution >= 4 is 90.8 Å². The van der Waals surface area contributed by atoms with Crippen LogP contribution in [-0.2, 0) is 21.1 Å². The second-order valence-electron chi connectivity index (χ2n) is 14.0. The normalized spacial score (nSPS) is 13.3. The van der Waals surface area contributed by atoms with E-state index in [1.54, 1.807) is 0 Å². The fraction of sp³-hybridized carbons (Fsp3) is 0.0909. The number of nitrogens with zero attached hydrogens (tertiary/aromatic N) is 8. The van der Waals surface area contributed by atoms with Crippen LogP contribution in [-0.4, -0.2) is 64.5 Å². The Hall–Kier alpha value is -4.37. The SMILES string of the molecule is F[P-](F)(F)(F)(F)F.F[P-](F)(F)(F)(F)F.[Pt+2].c1ccc(P(CCP(c2ccccn2)c2ccccn2)c2ccccn2)nc1.c1ccc(P(CCP(c2ccccn2)c2ccccn2)c2ccccn2)nc1. The third kappa shape index (κ3) is 25.7. The molecular formula is C44H40F12N8P6Pt. The predicted molar refractivity (Wildman–Crippen MR) is 265 cm³/mol. The van der Waals surface area contributed by atoms with Crippen molar-refractivity contribution in [2.75, 3.05) is 24.6 Å². The molecule has 380 valence electrons. The van der Waals surface area contributed by atoms with E-state index >= 15 is 0 Å². The smallest absolute Gasteiger partial charge is 0.256 e. The molecule has 0 aliphatic rings. The van der Waals surface area contributed by atoms with E-state index in [0.29, 0.717) is 0 Å². The van der Waals surface area contributed by atoms with Crippen LogP contribution in [0.1, 0.15) is 0 Å². The Morgan fingerprint density at radius 1 is 0.239 bits per heavy atom. The number of halogens is 12. The Morgan fingerprint density at radius 2 is 0.352 bits per heavy atom. The zero-order valence-corrected chi connectivity index (χ0v) is 44.1. The molecule has 8 aromatic heterocycles. The van der Waals surface area contributed by atoms with Gasteiger partial charge in [-0.15, -0.1) is 0 Å². The molecular weight excluding hydrogens is 1250 g/mol. The largest absolute Gasteiger partial charge is 2.00 e. The van der Waals surface area contributed by atoms with Gasteiger partial charge in [0.15, 0.2) is 0 Å². The summed E-state index contributed by atoms with van der Waals surface area (Å²) >= 11 is 0. The molecule has 0 spiro atoms. The summed E-state index contributed by atoms with van der Waals surface area (Å²) in [5, 5.41) is 0. The fourth-order valence-electron chi connectivity index (χ4n) is 5.89. The Balaban J connectivity index is 0.000000241. The van der Waals surface area contributed by atoms with Crippen molar-refractivity contribution in [3.63, 3.8) is 0 Å². The first-order valence-electron chi connectivity index (χ1n) is 20.2. The number of rotatable bonds is 14. The number of pyridine rings is 8. The van der Waals surface area contributed by atoms with Crippen LogP contribution in [0.4, 0.5) is 50.4 Å². The standard InChI is InChI=1S/2C22H20N4P2.2F6P.Pt/c2*1-5-13-23-19(9-1)27(20-10-2-6-14-24-20)17-18-28(21-11-3-7-15-25-21)22-12-4-8-16-26-22;2*1-7(2,3,4,5)6;/h2*1-16H,17-18H2;;;/q;;2*-1;+2. The molecule has 0 saturated heterocycles. The molecule has 27 heteroatoms. The third-order valence-electron chi connectivity index (χ3n) is 8.50. The van der Waals surface area contributed by atoms with E-state index in [2.05, 4.69) is 137 Å². The summed E-state index contributed by atoms with van der Waals surface area (Å²) in [6, 6.07) is 49.1. The average molecular weight is 1290 g/mol. The first-order valence-corrected chi connectivity index (χ1v) is 30.4. The Labute approximate surface area is 419 Å². The topological polar surface area (TPSA) is 103 Å². The molecule has 0 radical (unpaired) electrons. The molecule has 8 nitrogen and oxygen atoms in total. The molecule has 0 amide bonds. The van der Waals surface area contributed by atoms with Gasteiger partial charge < -0.3 is 0 Å². The molecule has 0 N–H and O–H groups in total. The van der Waals surface area contributed by atoms with Crippen LogP contribution >= 0.6 is 47.3 Å². The predicted octanol–water partition coefficient (Wildman–Crippen LogP) is 12.4. The maximum Gasteiger partial charge on any atom is 2.00 e. The van der Waals surface area contributed by atoms with Crippen LogP contribution in [0.25, 0.3) is 0 Å². The van der Waals surface area contributed by atoms with Gasteiger partial charge in [0.05, 0.1) is 43.5 Å². The zero-order chi connectivity index (χ0) is 50.9. The molecule has 8 heterocycles. The van der Waals surface area contributed by atoms with Gasteiger partial charge in [-0.05, 0) is 153 Å². The van der Waals surface area contributed by atoms with Gasteiger partial charge in [0.2, 0.25) is 0 Å². The molecule has 8 rings (SSSR count). The number of hydrogen-bond donors (Lipinski definition) is 0. The number of hydrogen-bond acceptors (Lipinski definition) is 8. The van der Waals surface area contributed by atoms with Gasteiger partial charge in [0, 0.05) is 49.6 Å².